The maximum atomic E-state index is 13.2. The Balaban J connectivity index is 1.56. The van der Waals surface area contributed by atoms with E-state index in [1.807, 2.05) is 6.92 Å². The van der Waals surface area contributed by atoms with Crippen LogP contribution in [0.3, 0.4) is 0 Å². The normalized spacial score (nSPS) is 21.7. The Kier molecular flexibility index (Phi) is 8.49. The average Bonchev–Trinajstić information content (AvgIpc) is 3.55. The van der Waals surface area contributed by atoms with E-state index in [0.717, 1.165) is 7.62 Å². The molecule has 0 saturated carbocycles. The number of imidazole rings is 1. The molecule has 1 fully saturated rings. The fraction of sp³-hybridized carbons (Fsp3) is 0.240. The molecule has 11 nitrogen and oxygen atoms in total. The second-order valence-electron chi connectivity index (χ2n) is 8.66. The number of esters is 2. The molecule has 0 aliphatic carbocycles. The van der Waals surface area contributed by atoms with E-state index in [2.05, 4.69) is 20.0 Å². The summed E-state index contributed by atoms with van der Waals surface area (Å²) in [6, 6.07) is 17.0. The van der Waals surface area contributed by atoms with Gasteiger partial charge in [0.25, 0.3) is 0 Å². The molecule has 0 bridgehead atoms. The SMILES string of the molecule is C[C@H](PN[B]O)[C@H]1O[C@@H](n2cnc3c(Cl)ncnc32)[C@H](OC(=O)c2ccccc2)[C@@H]1OC(=O)c1ccccc1. The van der Waals surface area contributed by atoms with Crippen LogP contribution in [-0.2, 0) is 14.2 Å². The molecule has 1 aliphatic heterocycles. The number of rotatable bonds is 9. The van der Waals surface area contributed by atoms with Gasteiger partial charge in [-0.2, -0.15) is 0 Å². The summed E-state index contributed by atoms with van der Waals surface area (Å²) in [6.45, 7) is 1.87. The van der Waals surface area contributed by atoms with Gasteiger partial charge in [0.1, 0.15) is 17.9 Å². The first-order valence-corrected chi connectivity index (χ1v) is 13.4. The van der Waals surface area contributed by atoms with Crippen LogP contribution in [0, 0.1) is 0 Å². The first-order valence-electron chi connectivity index (χ1n) is 12.0. The van der Waals surface area contributed by atoms with Crippen LogP contribution >= 0.6 is 20.3 Å². The first kappa shape index (κ1) is 27.2. The van der Waals surface area contributed by atoms with Crippen molar-refractivity contribution in [2.45, 2.75) is 37.1 Å². The largest absolute Gasteiger partial charge is 0.452 e. The number of nitrogens with zero attached hydrogens (tertiary/aromatic N) is 4. The molecule has 2 N–H and O–H groups in total. The molecule has 6 atom stereocenters. The second-order valence-corrected chi connectivity index (χ2v) is 10.5. The third kappa shape index (κ3) is 5.80. The van der Waals surface area contributed by atoms with Crippen molar-refractivity contribution in [2.24, 2.45) is 0 Å². The van der Waals surface area contributed by atoms with E-state index in [1.54, 1.807) is 65.2 Å². The van der Waals surface area contributed by atoms with Crippen molar-refractivity contribution in [1.29, 1.82) is 0 Å². The Bertz CT molecular complexity index is 1450. The number of ether oxygens (including phenoxy) is 3. The number of fused-ring (bicyclic) bond motifs is 1. The standard InChI is InChI=1S/C25H23BClN5O6P/c1-14(39-31-26-35)18-19(37-24(33)15-8-4-2-5-9-15)20(38-25(34)16-10-6-3-7-11-16)23(36-18)32-13-30-17-21(27)28-12-29-22(17)32/h2-14,18-20,23,31,35,39H,1H3/t14-,18+,19+,20+,23+/m0/s1. The van der Waals surface area contributed by atoms with Crippen molar-refractivity contribution in [1.82, 2.24) is 24.5 Å². The van der Waals surface area contributed by atoms with Gasteiger partial charge in [-0.05, 0) is 24.3 Å². The summed E-state index contributed by atoms with van der Waals surface area (Å²) in [5, 5.41) is 9.35. The van der Waals surface area contributed by atoms with Crippen LogP contribution in [0.4, 0.5) is 0 Å². The van der Waals surface area contributed by atoms with Crippen LogP contribution in [0.2, 0.25) is 5.15 Å². The van der Waals surface area contributed by atoms with Gasteiger partial charge in [-0.15, -0.1) is 0 Å². The number of aromatic nitrogens is 4. The molecule has 0 spiro atoms. The maximum absolute atomic E-state index is 13.2. The number of carbonyl (C=O) groups is 2. The highest BCUT2D eigenvalue weighted by Crippen LogP contribution is 2.40. The first-order chi connectivity index (χ1) is 19.0. The highest BCUT2D eigenvalue weighted by Gasteiger charge is 2.53. The highest BCUT2D eigenvalue weighted by molar-refractivity contribution is 7.38. The summed E-state index contributed by atoms with van der Waals surface area (Å²) in [6.07, 6.45) is -1.07. The molecule has 39 heavy (non-hydrogen) atoms. The van der Waals surface area contributed by atoms with E-state index >= 15 is 0 Å². The van der Waals surface area contributed by atoms with Crippen molar-refractivity contribution < 1.29 is 28.8 Å². The molecule has 2 aromatic carbocycles. The zero-order chi connectivity index (χ0) is 27.4. The number of halogens is 1. The average molecular weight is 567 g/mol. The number of nitrogens with one attached hydrogen (secondary N) is 1. The van der Waals surface area contributed by atoms with Gasteiger partial charge in [0.05, 0.1) is 17.5 Å². The Labute approximate surface area is 231 Å². The zero-order valence-electron chi connectivity index (χ0n) is 20.5. The van der Waals surface area contributed by atoms with Crippen molar-refractivity contribution in [2.75, 3.05) is 0 Å². The topological polar surface area (TPSA) is 138 Å². The van der Waals surface area contributed by atoms with Crippen molar-refractivity contribution in [3.8, 4) is 0 Å². The van der Waals surface area contributed by atoms with E-state index in [0.29, 0.717) is 22.3 Å². The molecule has 199 valence electrons. The molecule has 5 rings (SSSR count). The summed E-state index contributed by atoms with van der Waals surface area (Å²) in [5.74, 6) is -1.22. The molecule has 2 aromatic heterocycles. The molecule has 1 saturated heterocycles. The predicted molar refractivity (Wildman–Crippen MR) is 144 cm³/mol. The summed E-state index contributed by atoms with van der Waals surface area (Å²) in [5.41, 5.74) is 1.06. The van der Waals surface area contributed by atoms with Crippen molar-refractivity contribution >= 4 is 51.1 Å². The number of carbonyl (C=O) groups excluding carboxylic acids is 2. The third-order valence-electron chi connectivity index (χ3n) is 6.19. The van der Waals surface area contributed by atoms with Crippen LogP contribution in [0.5, 0.6) is 0 Å². The number of hydrogen-bond acceptors (Lipinski definition) is 10. The van der Waals surface area contributed by atoms with Gasteiger partial charge >= 0.3 is 19.6 Å². The molecule has 4 aromatic rings. The summed E-state index contributed by atoms with van der Waals surface area (Å²) in [4.78, 5) is 41.8. The fourth-order valence-electron chi connectivity index (χ4n) is 4.34. The monoisotopic (exact) mass is 566 g/mol. The van der Waals surface area contributed by atoms with Crippen LogP contribution in [0.15, 0.2) is 73.3 Å². The van der Waals surface area contributed by atoms with Crippen molar-refractivity contribution in [3.05, 3.63) is 89.6 Å². The molecular formula is C25H23BClN5O6P. The number of benzene rings is 2. The van der Waals surface area contributed by atoms with Gasteiger partial charge in [-0.3, -0.25) is 4.57 Å². The molecule has 1 radical (unpaired) electrons. The summed E-state index contributed by atoms with van der Waals surface area (Å²) < 4.78 is 20.0. The summed E-state index contributed by atoms with van der Waals surface area (Å²) in [7, 11) is 0.833. The van der Waals surface area contributed by atoms with E-state index in [1.165, 1.54) is 12.7 Å². The van der Waals surface area contributed by atoms with Crippen LogP contribution < -0.4 is 5.00 Å². The number of hydrogen-bond donors (Lipinski definition) is 2. The van der Waals surface area contributed by atoms with Crippen LogP contribution in [0.25, 0.3) is 11.2 Å². The lowest BCUT2D eigenvalue weighted by Gasteiger charge is -2.27. The third-order valence-corrected chi connectivity index (χ3v) is 7.54. The Morgan fingerprint density at radius 2 is 1.64 bits per heavy atom. The summed E-state index contributed by atoms with van der Waals surface area (Å²) >= 11 is 6.22. The Morgan fingerprint density at radius 1 is 1.03 bits per heavy atom. The molecule has 14 heteroatoms. The van der Waals surface area contributed by atoms with E-state index < -0.39 is 36.5 Å². The minimum atomic E-state index is -1.09. The zero-order valence-corrected chi connectivity index (χ0v) is 22.3. The quantitative estimate of drug-likeness (QED) is 0.135. The van der Waals surface area contributed by atoms with Crippen LogP contribution in [0.1, 0.15) is 33.9 Å². The van der Waals surface area contributed by atoms with Gasteiger partial charge in [0.15, 0.2) is 29.2 Å². The lowest BCUT2D eigenvalue weighted by molar-refractivity contribution is -0.0486. The smallest absolute Gasteiger partial charge is 0.396 e. The van der Waals surface area contributed by atoms with Gasteiger partial charge < -0.3 is 24.2 Å². The molecular weight excluding hydrogens is 544 g/mol. The fourth-order valence-corrected chi connectivity index (χ4v) is 5.29. The second kappa shape index (κ2) is 12.2. The van der Waals surface area contributed by atoms with E-state index in [9.17, 15) is 14.6 Å². The Hall–Kier alpha value is -3.41. The molecule has 0 amide bonds. The predicted octanol–water partition coefficient (Wildman–Crippen LogP) is 2.93. The van der Waals surface area contributed by atoms with Gasteiger partial charge in [-0.1, -0.05) is 63.7 Å². The highest BCUT2D eigenvalue weighted by atomic mass is 35.5. The van der Waals surface area contributed by atoms with Gasteiger partial charge in [0, 0.05) is 5.66 Å². The Morgan fingerprint density at radius 3 is 2.26 bits per heavy atom. The van der Waals surface area contributed by atoms with E-state index in [-0.39, 0.29) is 19.5 Å². The minimum Gasteiger partial charge on any atom is -0.452 e. The maximum Gasteiger partial charge on any atom is 0.396 e. The van der Waals surface area contributed by atoms with Gasteiger partial charge in [0.2, 0.25) is 0 Å². The van der Waals surface area contributed by atoms with Crippen molar-refractivity contribution in [3.63, 3.8) is 0 Å². The molecule has 1 aliphatic rings. The molecule has 3 heterocycles. The minimum absolute atomic E-state index is 0.00229. The lowest BCUT2D eigenvalue weighted by Crippen LogP contribution is -2.42. The lowest BCUT2D eigenvalue weighted by atomic mass is 10.1. The van der Waals surface area contributed by atoms with Gasteiger partial charge in [-0.25, -0.2) is 24.5 Å². The van der Waals surface area contributed by atoms with Crippen LogP contribution in [-0.4, -0.2) is 68.1 Å². The van der Waals surface area contributed by atoms with E-state index in [4.69, 9.17) is 25.8 Å². The molecule has 1 unspecified atom stereocenters.